The van der Waals surface area contributed by atoms with Gasteiger partial charge in [-0.2, -0.15) is 0 Å². The number of allylic oxidation sites excluding steroid dienone is 1. The van der Waals surface area contributed by atoms with Gasteiger partial charge in [-0.15, -0.1) is 6.58 Å². The van der Waals surface area contributed by atoms with Gasteiger partial charge in [0.2, 0.25) is 0 Å². The summed E-state index contributed by atoms with van der Waals surface area (Å²) in [5.41, 5.74) is 6.97. The van der Waals surface area contributed by atoms with Gasteiger partial charge >= 0.3 is 0 Å². The van der Waals surface area contributed by atoms with E-state index in [0.29, 0.717) is 4.47 Å². The first-order valence-electron chi connectivity index (χ1n) is 4.50. The number of phenolic OH excluding ortho intramolecular Hbond substituents is 1. The lowest BCUT2D eigenvalue weighted by molar-refractivity contribution is 0.471. The average molecular weight is 256 g/mol. The van der Waals surface area contributed by atoms with E-state index in [9.17, 15) is 5.11 Å². The van der Waals surface area contributed by atoms with E-state index in [1.807, 2.05) is 18.2 Å². The molecule has 0 aromatic heterocycles. The Balaban J connectivity index is 2.75. The first-order chi connectivity index (χ1) is 6.65. The van der Waals surface area contributed by atoms with Crippen molar-refractivity contribution in [3.63, 3.8) is 0 Å². The molecular weight excluding hydrogens is 242 g/mol. The van der Waals surface area contributed by atoms with Gasteiger partial charge in [-0.1, -0.05) is 12.1 Å². The molecule has 0 amide bonds. The van der Waals surface area contributed by atoms with Gasteiger partial charge in [0.15, 0.2) is 0 Å². The highest BCUT2D eigenvalue weighted by Crippen LogP contribution is 2.27. The standard InChI is InChI=1S/C11H14BrNO/c1-2-3-4-10(13)8-5-6-11(14)9(12)7-8/h2,5-7,10,14H,1,3-4,13H2/t10-/m0/s1. The summed E-state index contributed by atoms with van der Waals surface area (Å²) >= 11 is 3.26. The maximum absolute atomic E-state index is 9.30. The smallest absolute Gasteiger partial charge is 0.129 e. The number of aromatic hydroxyl groups is 1. The molecule has 0 spiro atoms. The zero-order valence-corrected chi connectivity index (χ0v) is 9.50. The number of phenols is 1. The normalized spacial score (nSPS) is 12.4. The molecule has 0 aliphatic heterocycles. The van der Waals surface area contributed by atoms with Gasteiger partial charge in [0.25, 0.3) is 0 Å². The molecule has 3 N–H and O–H groups in total. The van der Waals surface area contributed by atoms with Crippen LogP contribution in [0.1, 0.15) is 24.4 Å². The van der Waals surface area contributed by atoms with Crippen molar-refractivity contribution in [2.24, 2.45) is 5.73 Å². The van der Waals surface area contributed by atoms with E-state index in [2.05, 4.69) is 22.5 Å². The van der Waals surface area contributed by atoms with E-state index >= 15 is 0 Å². The molecule has 0 fully saturated rings. The number of hydrogen-bond acceptors (Lipinski definition) is 2. The highest BCUT2D eigenvalue weighted by molar-refractivity contribution is 9.10. The van der Waals surface area contributed by atoms with Crippen LogP contribution in [-0.4, -0.2) is 5.11 Å². The summed E-state index contributed by atoms with van der Waals surface area (Å²) in [6, 6.07) is 5.34. The van der Waals surface area contributed by atoms with Crippen LogP contribution >= 0.6 is 15.9 Å². The first kappa shape index (κ1) is 11.3. The quantitative estimate of drug-likeness (QED) is 0.813. The second kappa shape index (κ2) is 5.17. The highest BCUT2D eigenvalue weighted by atomic mass is 79.9. The topological polar surface area (TPSA) is 46.2 Å². The predicted molar refractivity (Wildman–Crippen MR) is 62.2 cm³/mol. The van der Waals surface area contributed by atoms with Crippen LogP contribution in [0.3, 0.4) is 0 Å². The number of halogens is 1. The molecule has 0 unspecified atom stereocenters. The van der Waals surface area contributed by atoms with Crippen LogP contribution in [0, 0.1) is 0 Å². The SMILES string of the molecule is C=CCC[C@H](N)c1ccc(O)c(Br)c1. The Kier molecular flexibility index (Phi) is 4.17. The second-order valence-corrected chi connectivity index (χ2v) is 4.04. The molecule has 2 nitrogen and oxygen atoms in total. The van der Waals surface area contributed by atoms with Crippen LogP contribution in [0.2, 0.25) is 0 Å². The zero-order valence-electron chi connectivity index (χ0n) is 7.91. The lowest BCUT2D eigenvalue weighted by Crippen LogP contribution is -2.09. The van der Waals surface area contributed by atoms with Crippen LogP contribution in [0.25, 0.3) is 0 Å². The maximum atomic E-state index is 9.30. The van der Waals surface area contributed by atoms with Gasteiger partial charge in [0.1, 0.15) is 5.75 Å². The Morgan fingerprint density at radius 2 is 2.29 bits per heavy atom. The second-order valence-electron chi connectivity index (χ2n) is 3.18. The zero-order chi connectivity index (χ0) is 10.6. The van der Waals surface area contributed by atoms with E-state index in [1.54, 1.807) is 6.07 Å². The summed E-state index contributed by atoms with van der Waals surface area (Å²) in [6.07, 6.45) is 3.63. The van der Waals surface area contributed by atoms with E-state index in [1.165, 1.54) is 0 Å². The average Bonchev–Trinajstić information content (AvgIpc) is 2.18. The maximum Gasteiger partial charge on any atom is 0.129 e. The Labute approximate surface area is 92.6 Å². The molecule has 76 valence electrons. The minimum atomic E-state index is 0.00454. The molecule has 0 aliphatic rings. The van der Waals surface area contributed by atoms with E-state index in [-0.39, 0.29) is 11.8 Å². The van der Waals surface area contributed by atoms with Crippen molar-refractivity contribution in [1.82, 2.24) is 0 Å². The monoisotopic (exact) mass is 255 g/mol. The Hall–Kier alpha value is -0.800. The summed E-state index contributed by atoms with van der Waals surface area (Å²) in [6.45, 7) is 3.65. The van der Waals surface area contributed by atoms with Crippen molar-refractivity contribution in [2.45, 2.75) is 18.9 Å². The Bertz CT molecular complexity index is 325. The molecular formula is C11H14BrNO. The van der Waals surface area contributed by atoms with Crippen molar-refractivity contribution >= 4 is 15.9 Å². The minimum absolute atomic E-state index is 0.00454. The van der Waals surface area contributed by atoms with E-state index in [0.717, 1.165) is 18.4 Å². The van der Waals surface area contributed by atoms with Crippen molar-refractivity contribution in [2.75, 3.05) is 0 Å². The lowest BCUT2D eigenvalue weighted by atomic mass is 10.0. The summed E-state index contributed by atoms with van der Waals surface area (Å²) in [7, 11) is 0. The van der Waals surface area contributed by atoms with Gasteiger partial charge < -0.3 is 10.8 Å². The molecule has 0 aliphatic carbocycles. The summed E-state index contributed by atoms with van der Waals surface area (Å²) in [4.78, 5) is 0. The fourth-order valence-corrected chi connectivity index (χ4v) is 1.61. The fraction of sp³-hybridized carbons (Fsp3) is 0.273. The molecule has 1 atom stereocenters. The Morgan fingerprint density at radius 1 is 1.57 bits per heavy atom. The van der Waals surface area contributed by atoms with Crippen molar-refractivity contribution in [1.29, 1.82) is 0 Å². The van der Waals surface area contributed by atoms with Gasteiger partial charge in [0, 0.05) is 6.04 Å². The van der Waals surface area contributed by atoms with Gasteiger partial charge in [0.05, 0.1) is 4.47 Å². The number of rotatable bonds is 4. The number of nitrogens with two attached hydrogens (primary N) is 1. The molecule has 1 aromatic rings. The molecule has 0 saturated carbocycles. The molecule has 0 radical (unpaired) electrons. The van der Waals surface area contributed by atoms with Gasteiger partial charge in [-0.25, -0.2) is 0 Å². The van der Waals surface area contributed by atoms with Crippen LogP contribution in [-0.2, 0) is 0 Å². The molecule has 3 heteroatoms. The van der Waals surface area contributed by atoms with Crippen LogP contribution in [0.5, 0.6) is 5.75 Å². The number of hydrogen-bond donors (Lipinski definition) is 2. The van der Waals surface area contributed by atoms with Crippen LogP contribution in [0.4, 0.5) is 0 Å². The van der Waals surface area contributed by atoms with Gasteiger partial charge in [-0.3, -0.25) is 0 Å². The molecule has 0 heterocycles. The van der Waals surface area contributed by atoms with E-state index < -0.39 is 0 Å². The molecule has 1 aromatic carbocycles. The summed E-state index contributed by atoms with van der Waals surface area (Å²) in [5.74, 6) is 0.240. The fourth-order valence-electron chi connectivity index (χ4n) is 1.22. The third-order valence-electron chi connectivity index (χ3n) is 2.08. The molecule has 1 rings (SSSR count). The molecule has 0 saturated heterocycles. The first-order valence-corrected chi connectivity index (χ1v) is 5.29. The third kappa shape index (κ3) is 2.86. The predicted octanol–water partition coefficient (Wildman–Crippen LogP) is 3.12. The molecule has 0 bridgehead atoms. The van der Waals surface area contributed by atoms with Crippen LogP contribution < -0.4 is 5.73 Å². The number of benzene rings is 1. The van der Waals surface area contributed by atoms with Crippen molar-refractivity contribution in [3.05, 3.63) is 40.9 Å². The van der Waals surface area contributed by atoms with Crippen molar-refractivity contribution < 1.29 is 5.11 Å². The van der Waals surface area contributed by atoms with E-state index in [4.69, 9.17) is 5.73 Å². The molecule has 14 heavy (non-hydrogen) atoms. The summed E-state index contributed by atoms with van der Waals surface area (Å²) < 4.78 is 0.684. The third-order valence-corrected chi connectivity index (χ3v) is 2.72. The minimum Gasteiger partial charge on any atom is -0.507 e. The lowest BCUT2D eigenvalue weighted by Gasteiger charge is -2.11. The summed E-state index contributed by atoms with van der Waals surface area (Å²) in [5, 5.41) is 9.30. The largest absolute Gasteiger partial charge is 0.507 e. The van der Waals surface area contributed by atoms with Crippen LogP contribution in [0.15, 0.2) is 35.3 Å². The Morgan fingerprint density at radius 3 is 2.86 bits per heavy atom. The highest BCUT2D eigenvalue weighted by Gasteiger charge is 2.06. The van der Waals surface area contributed by atoms with Crippen molar-refractivity contribution in [3.8, 4) is 5.75 Å². The van der Waals surface area contributed by atoms with Gasteiger partial charge in [-0.05, 0) is 46.5 Å².